The first kappa shape index (κ1) is 8.93. The van der Waals surface area contributed by atoms with Crippen LogP contribution in [0.3, 0.4) is 0 Å². The van der Waals surface area contributed by atoms with Gasteiger partial charge in [0.25, 0.3) is 0 Å². The summed E-state index contributed by atoms with van der Waals surface area (Å²) in [6.07, 6.45) is 2.45. The van der Waals surface area contributed by atoms with Crippen molar-refractivity contribution < 1.29 is 4.74 Å². The van der Waals surface area contributed by atoms with Crippen LogP contribution in [0.1, 0.15) is 12.6 Å². The monoisotopic (exact) mass is 167 g/mol. The molecule has 0 aromatic carbocycles. The second-order valence-corrected chi connectivity index (χ2v) is 2.30. The second kappa shape index (κ2) is 4.66. The van der Waals surface area contributed by atoms with Gasteiger partial charge in [0, 0.05) is 18.3 Å². The van der Waals surface area contributed by atoms with E-state index in [1.54, 1.807) is 6.20 Å². The van der Waals surface area contributed by atoms with Crippen molar-refractivity contribution >= 4 is 0 Å². The lowest BCUT2D eigenvalue weighted by Gasteiger charge is -2.01. The van der Waals surface area contributed by atoms with Gasteiger partial charge in [0.15, 0.2) is 0 Å². The van der Waals surface area contributed by atoms with Crippen molar-refractivity contribution in [1.82, 2.24) is 9.97 Å². The minimum atomic E-state index is 0.434. The maximum absolute atomic E-state index is 5.38. The largest absolute Gasteiger partial charge is 0.464 e. The van der Waals surface area contributed by atoms with Crippen LogP contribution in [0, 0.1) is 0 Å². The smallest absolute Gasteiger partial charge is 0.316 e. The summed E-state index contributed by atoms with van der Waals surface area (Å²) in [5, 5.41) is 0. The van der Waals surface area contributed by atoms with Gasteiger partial charge in [0.1, 0.15) is 0 Å². The molecule has 0 bridgehead atoms. The molecule has 66 valence electrons. The van der Waals surface area contributed by atoms with E-state index in [4.69, 9.17) is 10.5 Å². The summed E-state index contributed by atoms with van der Waals surface area (Å²) in [7, 11) is 0. The molecule has 4 nitrogen and oxygen atoms in total. The summed E-state index contributed by atoms with van der Waals surface area (Å²) in [5.41, 5.74) is 6.31. The highest BCUT2D eigenvalue weighted by Gasteiger charge is 1.97. The fraction of sp³-hybridized carbons (Fsp3) is 0.500. The molecule has 0 saturated carbocycles. The van der Waals surface area contributed by atoms with E-state index >= 15 is 0 Å². The second-order valence-electron chi connectivity index (χ2n) is 2.30. The first-order chi connectivity index (χ1) is 5.86. The summed E-state index contributed by atoms with van der Waals surface area (Å²) in [6, 6.07) is 2.28. The van der Waals surface area contributed by atoms with Crippen molar-refractivity contribution in [2.75, 3.05) is 13.2 Å². The highest BCUT2D eigenvalue weighted by atomic mass is 16.5. The molecule has 1 aromatic rings. The van der Waals surface area contributed by atoms with Crippen LogP contribution in [0.4, 0.5) is 0 Å². The number of aromatic nitrogens is 2. The minimum Gasteiger partial charge on any atom is -0.464 e. The number of nitrogens with two attached hydrogens (primary N) is 1. The Morgan fingerprint density at radius 3 is 3.08 bits per heavy atom. The first-order valence-corrected chi connectivity index (χ1v) is 4.01. The van der Waals surface area contributed by atoms with Gasteiger partial charge in [-0.05, 0) is 19.5 Å². The van der Waals surface area contributed by atoms with Crippen LogP contribution < -0.4 is 10.5 Å². The van der Waals surface area contributed by atoms with E-state index in [1.807, 2.05) is 13.0 Å². The van der Waals surface area contributed by atoms with Crippen molar-refractivity contribution in [2.24, 2.45) is 5.73 Å². The molecular formula is C8H13N3O. The number of hydrogen-bond acceptors (Lipinski definition) is 4. The molecule has 4 heteroatoms. The molecular weight excluding hydrogens is 154 g/mol. The number of hydrogen-bond donors (Lipinski definition) is 1. The lowest BCUT2D eigenvalue weighted by atomic mass is 10.3. The molecule has 0 aliphatic rings. The Hall–Kier alpha value is -1.16. The van der Waals surface area contributed by atoms with Crippen LogP contribution in [0.2, 0.25) is 0 Å². The summed E-state index contributed by atoms with van der Waals surface area (Å²) >= 11 is 0. The van der Waals surface area contributed by atoms with Gasteiger partial charge < -0.3 is 10.5 Å². The van der Waals surface area contributed by atoms with E-state index < -0.39 is 0 Å². The molecule has 12 heavy (non-hydrogen) atoms. The molecule has 0 saturated heterocycles. The van der Waals surface area contributed by atoms with Gasteiger partial charge in [-0.3, -0.25) is 0 Å². The number of ether oxygens (including phenoxy) is 1. The summed E-state index contributed by atoms with van der Waals surface area (Å²) in [5.74, 6) is 0. The highest BCUT2D eigenvalue weighted by molar-refractivity contribution is 5.05. The summed E-state index contributed by atoms with van der Waals surface area (Å²) in [4.78, 5) is 8.08. The third-order valence-corrected chi connectivity index (χ3v) is 1.37. The van der Waals surface area contributed by atoms with E-state index in [-0.39, 0.29) is 0 Å². The van der Waals surface area contributed by atoms with E-state index in [0.29, 0.717) is 19.2 Å². The van der Waals surface area contributed by atoms with Crippen LogP contribution in [0.15, 0.2) is 12.3 Å². The highest BCUT2D eigenvalue weighted by Crippen LogP contribution is 2.02. The molecule has 0 atom stereocenters. The Bertz CT molecular complexity index is 218. The predicted octanol–water partition coefficient (Wildman–Crippen LogP) is 0.376. The van der Waals surface area contributed by atoms with Gasteiger partial charge in [-0.25, -0.2) is 9.97 Å². The van der Waals surface area contributed by atoms with Crippen molar-refractivity contribution in [2.45, 2.75) is 13.3 Å². The lowest BCUT2D eigenvalue weighted by Crippen LogP contribution is -2.06. The lowest BCUT2D eigenvalue weighted by molar-refractivity contribution is 0.311. The van der Waals surface area contributed by atoms with Gasteiger partial charge in [-0.2, -0.15) is 0 Å². The zero-order chi connectivity index (χ0) is 8.81. The molecule has 2 N–H and O–H groups in total. The maximum atomic E-state index is 5.38. The Morgan fingerprint density at radius 2 is 2.42 bits per heavy atom. The molecule has 0 fully saturated rings. The van der Waals surface area contributed by atoms with Crippen LogP contribution >= 0.6 is 0 Å². The molecule has 0 unspecified atom stereocenters. The van der Waals surface area contributed by atoms with Crippen LogP contribution in [0.5, 0.6) is 6.01 Å². The fourth-order valence-corrected chi connectivity index (χ4v) is 0.862. The normalized spacial score (nSPS) is 9.83. The third kappa shape index (κ3) is 2.47. The SMILES string of the molecule is CCOc1nccc(CCN)n1. The number of nitrogens with zero attached hydrogens (tertiary/aromatic N) is 2. The molecule has 0 spiro atoms. The average molecular weight is 167 g/mol. The Balaban J connectivity index is 2.67. The van der Waals surface area contributed by atoms with E-state index in [2.05, 4.69) is 9.97 Å². The van der Waals surface area contributed by atoms with Crippen molar-refractivity contribution in [3.05, 3.63) is 18.0 Å². The van der Waals surface area contributed by atoms with E-state index in [1.165, 1.54) is 0 Å². The van der Waals surface area contributed by atoms with E-state index in [9.17, 15) is 0 Å². The Labute approximate surface area is 71.8 Å². The molecule has 1 heterocycles. The zero-order valence-electron chi connectivity index (χ0n) is 7.16. The molecule has 0 radical (unpaired) electrons. The van der Waals surface area contributed by atoms with Gasteiger partial charge in [0.05, 0.1) is 6.61 Å². The van der Waals surface area contributed by atoms with Crippen molar-refractivity contribution in [1.29, 1.82) is 0 Å². The standard InChI is InChI=1S/C8H13N3O/c1-2-12-8-10-6-4-7(11-8)3-5-9/h4,6H,2-3,5,9H2,1H3. The summed E-state index contributed by atoms with van der Waals surface area (Å²) in [6.45, 7) is 3.09. The zero-order valence-corrected chi connectivity index (χ0v) is 7.16. The molecule has 1 rings (SSSR count). The fourth-order valence-electron chi connectivity index (χ4n) is 0.862. The predicted molar refractivity (Wildman–Crippen MR) is 46.0 cm³/mol. The first-order valence-electron chi connectivity index (χ1n) is 4.01. The summed E-state index contributed by atoms with van der Waals surface area (Å²) < 4.78 is 5.13. The molecule has 0 aliphatic heterocycles. The maximum Gasteiger partial charge on any atom is 0.316 e. The van der Waals surface area contributed by atoms with Crippen LogP contribution in [-0.4, -0.2) is 23.1 Å². The topological polar surface area (TPSA) is 61.0 Å². The van der Waals surface area contributed by atoms with Gasteiger partial charge in [0.2, 0.25) is 0 Å². The number of rotatable bonds is 4. The third-order valence-electron chi connectivity index (χ3n) is 1.37. The van der Waals surface area contributed by atoms with Gasteiger partial charge in [-0.1, -0.05) is 0 Å². The molecule has 0 aliphatic carbocycles. The Kier molecular flexibility index (Phi) is 3.47. The quantitative estimate of drug-likeness (QED) is 0.704. The van der Waals surface area contributed by atoms with Crippen LogP contribution in [-0.2, 0) is 6.42 Å². The van der Waals surface area contributed by atoms with E-state index in [0.717, 1.165) is 12.1 Å². The van der Waals surface area contributed by atoms with Gasteiger partial charge >= 0.3 is 6.01 Å². The minimum absolute atomic E-state index is 0.434. The Morgan fingerprint density at radius 1 is 1.58 bits per heavy atom. The van der Waals surface area contributed by atoms with Crippen molar-refractivity contribution in [3.63, 3.8) is 0 Å². The van der Waals surface area contributed by atoms with Gasteiger partial charge in [-0.15, -0.1) is 0 Å². The van der Waals surface area contributed by atoms with Crippen molar-refractivity contribution in [3.8, 4) is 6.01 Å². The average Bonchev–Trinajstić information content (AvgIpc) is 2.06. The molecule has 1 aromatic heterocycles. The molecule has 0 amide bonds. The van der Waals surface area contributed by atoms with Crippen LogP contribution in [0.25, 0.3) is 0 Å².